The smallest absolute Gasteiger partial charge is 0.370 e. The summed E-state index contributed by atoms with van der Waals surface area (Å²) in [5.74, 6) is -2.40. The Hall–Kier alpha value is -2.54. The van der Waals surface area contributed by atoms with Gasteiger partial charge in [-0.15, -0.1) is 5.10 Å². The van der Waals surface area contributed by atoms with E-state index in [1.165, 1.54) is 23.9 Å². The summed E-state index contributed by atoms with van der Waals surface area (Å²) in [6.45, 7) is 0.538. The fourth-order valence-corrected chi connectivity index (χ4v) is 2.64. The number of nitrogens with zero attached hydrogens (tertiary/aromatic N) is 3. The molecule has 0 saturated heterocycles. The largest absolute Gasteiger partial charge is 0.478 e. The molecule has 0 radical (unpaired) electrons. The molecule has 5 unspecified atom stereocenters. The zero-order chi connectivity index (χ0) is 19.4. The van der Waals surface area contributed by atoms with Crippen LogP contribution in [0.3, 0.4) is 0 Å². The van der Waals surface area contributed by atoms with Gasteiger partial charge in [0.15, 0.2) is 0 Å². The first kappa shape index (κ1) is 19.8. The molecule has 2 heterocycles. The summed E-state index contributed by atoms with van der Waals surface area (Å²) in [4.78, 5) is 23.0. The zero-order valence-corrected chi connectivity index (χ0v) is 13.9. The average molecular weight is 371 g/mol. The first-order valence-electron chi connectivity index (χ1n) is 7.75. The highest BCUT2D eigenvalue weighted by Crippen LogP contribution is 2.29. The predicted molar refractivity (Wildman–Crippen MR) is 84.2 cm³/mol. The van der Waals surface area contributed by atoms with E-state index in [4.69, 9.17) is 15.6 Å². The number of hydrogen-bond acceptors (Lipinski definition) is 9. The van der Waals surface area contributed by atoms with Crippen molar-refractivity contribution in [2.45, 2.75) is 43.9 Å². The van der Waals surface area contributed by atoms with Crippen LogP contribution in [-0.4, -0.2) is 78.3 Å². The molecule has 2 rings (SSSR count). The third-order valence-electron chi connectivity index (χ3n) is 3.88. The molecule has 1 amide bonds. The van der Waals surface area contributed by atoms with E-state index in [0.29, 0.717) is 5.69 Å². The molecular weight excluding hydrogens is 350 g/mol. The number of carbonyl (C=O) groups is 2. The van der Waals surface area contributed by atoms with Gasteiger partial charge in [-0.1, -0.05) is 5.21 Å². The standard InChI is InChI=1S/C14H21N5O7/c1-6(21)16-11-8(19-4-7(3-15)17-18-19)2-10(14(24)25)26-13(11)12(23)9(22)5-20/h2,4,8-9,11-13,20,22-23H,3,5,15H2,1H3,(H,16,21)(H,24,25). The summed E-state index contributed by atoms with van der Waals surface area (Å²) >= 11 is 0. The number of aliphatic carboxylic acids is 1. The Balaban J connectivity index is 2.49. The molecule has 12 nitrogen and oxygen atoms in total. The molecule has 26 heavy (non-hydrogen) atoms. The Kier molecular flexibility index (Phi) is 6.26. The Bertz CT molecular complexity index is 691. The number of rotatable bonds is 7. The van der Waals surface area contributed by atoms with Gasteiger partial charge in [-0.05, 0) is 6.08 Å². The molecule has 12 heteroatoms. The number of amides is 1. The molecular formula is C14H21N5O7. The number of nitrogens with one attached hydrogen (secondary N) is 1. The lowest BCUT2D eigenvalue weighted by Crippen LogP contribution is -2.58. The molecule has 0 fully saturated rings. The summed E-state index contributed by atoms with van der Waals surface area (Å²) in [6, 6.07) is -1.89. The fourth-order valence-electron chi connectivity index (χ4n) is 2.64. The van der Waals surface area contributed by atoms with Crippen molar-refractivity contribution >= 4 is 11.9 Å². The Morgan fingerprint density at radius 2 is 2.15 bits per heavy atom. The van der Waals surface area contributed by atoms with E-state index in [-0.39, 0.29) is 6.54 Å². The number of carboxylic acid groups (broad SMARTS) is 1. The summed E-state index contributed by atoms with van der Waals surface area (Å²) in [5, 5.41) is 48.6. The van der Waals surface area contributed by atoms with Gasteiger partial charge >= 0.3 is 5.97 Å². The maximum Gasteiger partial charge on any atom is 0.370 e. The van der Waals surface area contributed by atoms with Crippen molar-refractivity contribution in [3.05, 3.63) is 23.7 Å². The molecule has 1 aromatic heterocycles. The van der Waals surface area contributed by atoms with Crippen LogP contribution in [0.2, 0.25) is 0 Å². The Morgan fingerprint density at radius 3 is 2.65 bits per heavy atom. The van der Waals surface area contributed by atoms with Crippen LogP contribution in [0.4, 0.5) is 0 Å². The van der Waals surface area contributed by atoms with Gasteiger partial charge in [0.05, 0.1) is 30.6 Å². The average Bonchev–Trinajstić information content (AvgIpc) is 3.08. The molecule has 1 aliphatic rings. The highest BCUT2D eigenvalue weighted by Gasteiger charge is 2.44. The molecule has 0 aromatic carbocycles. The van der Waals surface area contributed by atoms with Gasteiger partial charge in [0, 0.05) is 13.5 Å². The summed E-state index contributed by atoms with van der Waals surface area (Å²) in [6.07, 6.45) is -1.99. The van der Waals surface area contributed by atoms with Gasteiger partial charge in [0.25, 0.3) is 0 Å². The first-order valence-corrected chi connectivity index (χ1v) is 7.75. The molecule has 144 valence electrons. The number of nitrogens with two attached hydrogens (primary N) is 1. The summed E-state index contributed by atoms with van der Waals surface area (Å²) in [7, 11) is 0. The van der Waals surface area contributed by atoms with Crippen molar-refractivity contribution in [1.82, 2.24) is 20.3 Å². The van der Waals surface area contributed by atoms with E-state index >= 15 is 0 Å². The quantitative estimate of drug-likeness (QED) is 0.285. The minimum absolute atomic E-state index is 0.0960. The van der Waals surface area contributed by atoms with Gasteiger partial charge in [0.1, 0.15) is 18.3 Å². The SMILES string of the molecule is CC(=O)NC1C(C(O)C(O)CO)OC(C(=O)O)=CC1n1cc(CN)nn1. The van der Waals surface area contributed by atoms with Crippen LogP contribution in [0.25, 0.3) is 0 Å². The number of carbonyl (C=O) groups excluding carboxylic acids is 1. The lowest BCUT2D eigenvalue weighted by Gasteiger charge is -2.39. The van der Waals surface area contributed by atoms with Gasteiger partial charge in [-0.2, -0.15) is 0 Å². The van der Waals surface area contributed by atoms with Crippen LogP contribution >= 0.6 is 0 Å². The number of ether oxygens (including phenoxy) is 1. The third-order valence-corrected chi connectivity index (χ3v) is 3.88. The highest BCUT2D eigenvalue weighted by atomic mass is 16.5. The maximum atomic E-state index is 11.6. The van der Waals surface area contributed by atoms with Crippen LogP contribution in [0.1, 0.15) is 18.7 Å². The summed E-state index contributed by atoms with van der Waals surface area (Å²) in [5.41, 5.74) is 5.92. The number of aliphatic hydroxyl groups excluding tert-OH is 3. The minimum atomic E-state index is -1.68. The second kappa shape index (κ2) is 8.23. The second-order valence-corrected chi connectivity index (χ2v) is 5.77. The number of aliphatic hydroxyl groups is 3. The molecule has 7 N–H and O–H groups in total. The maximum absolute atomic E-state index is 11.6. The van der Waals surface area contributed by atoms with Crippen LogP contribution in [0.15, 0.2) is 18.0 Å². The summed E-state index contributed by atoms with van der Waals surface area (Å²) < 4.78 is 6.55. The zero-order valence-electron chi connectivity index (χ0n) is 13.9. The lowest BCUT2D eigenvalue weighted by atomic mass is 9.92. The molecule has 0 aliphatic carbocycles. The predicted octanol–water partition coefficient (Wildman–Crippen LogP) is -3.14. The van der Waals surface area contributed by atoms with Crippen LogP contribution in [0.5, 0.6) is 0 Å². The van der Waals surface area contributed by atoms with Gasteiger partial charge in [0.2, 0.25) is 11.7 Å². The van der Waals surface area contributed by atoms with E-state index in [1.807, 2.05) is 0 Å². The highest BCUT2D eigenvalue weighted by molar-refractivity contribution is 5.84. The van der Waals surface area contributed by atoms with E-state index in [0.717, 1.165) is 0 Å². The monoisotopic (exact) mass is 371 g/mol. The number of carboxylic acids is 1. The molecule has 1 aliphatic heterocycles. The molecule has 0 spiro atoms. The Labute approximate surface area is 147 Å². The fraction of sp³-hybridized carbons (Fsp3) is 0.571. The van der Waals surface area contributed by atoms with Gasteiger partial charge < -0.3 is 36.2 Å². The topological polar surface area (TPSA) is 193 Å². The molecule has 0 saturated carbocycles. The minimum Gasteiger partial charge on any atom is -0.478 e. The normalized spacial score (nSPS) is 25.0. The third kappa shape index (κ3) is 4.16. The first-order chi connectivity index (χ1) is 12.3. The van der Waals surface area contributed by atoms with Crippen LogP contribution < -0.4 is 11.1 Å². The molecule has 5 atom stereocenters. The van der Waals surface area contributed by atoms with E-state index in [2.05, 4.69) is 15.6 Å². The number of hydrogen-bond donors (Lipinski definition) is 6. The molecule has 0 bridgehead atoms. The van der Waals surface area contributed by atoms with Crippen molar-refractivity contribution in [1.29, 1.82) is 0 Å². The van der Waals surface area contributed by atoms with E-state index < -0.39 is 54.6 Å². The van der Waals surface area contributed by atoms with Crippen molar-refractivity contribution in [3.63, 3.8) is 0 Å². The van der Waals surface area contributed by atoms with Crippen molar-refractivity contribution < 1.29 is 34.8 Å². The van der Waals surface area contributed by atoms with Gasteiger partial charge in [-0.25, -0.2) is 9.48 Å². The second-order valence-electron chi connectivity index (χ2n) is 5.77. The number of aromatic nitrogens is 3. The van der Waals surface area contributed by atoms with Crippen molar-refractivity contribution in [2.75, 3.05) is 6.61 Å². The van der Waals surface area contributed by atoms with Gasteiger partial charge in [-0.3, -0.25) is 4.79 Å². The lowest BCUT2D eigenvalue weighted by molar-refractivity contribution is -0.147. The van der Waals surface area contributed by atoms with Crippen molar-refractivity contribution in [3.8, 4) is 0 Å². The van der Waals surface area contributed by atoms with Crippen molar-refractivity contribution in [2.24, 2.45) is 5.73 Å². The molecule has 1 aromatic rings. The van der Waals surface area contributed by atoms with E-state index in [9.17, 15) is 24.9 Å². The van der Waals surface area contributed by atoms with E-state index in [1.54, 1.807) is 0 Å². The van der Waals surface area contributed by atoms with Crippen LogP contribution in [-0.2, 0) is 20.9 Å². The van der Waals surface area contributed by atoms with Crippen LogP contribution in [0, 0.1) is 0 Å². The Morgan fingerprint density at radius 1 is 1.46 bits per heavy atom.